The SMILES string of the molecule is Cc1ccc(C(=O)O)cc1NC(=O)CN1CCNCC1. The Hall–Kier alpha value is -1.92. The zero-order valence-corrected chi connectivity index (χ0v) is 11.5. The fraction of sp³-hybridized carbons (Fsp3) is 0.429. The van der Waals surface area contributed by atoms with Gasteiger partial charge < -0.3 is 15.7 Å². The molecule has 1 aliphatic rings. The molecule has 6 heteroatoms. The monoisotopic (exact) mass is 277 g/mol. The van der Waals surface area contributed by atoms with E-state index in [0.29, 0.717) is 12.2 Å². The van der Waals surface area contributed by atoms with Crippen LogP contribution in [0.1, 0.15) is 15.9 Å². The molecule has 6 nitrogen and oxygen atoms in total. The van der Waals surface area contributed by atoms with Crippen LogP contribution in [-0.2, 0) is 4.79 Å². The average Bonchev–Trinajstić information content (AvgIpc) is 2.42. The Morgan fingerprint density at radius 3 is 2.70 bits per heavy atom. The van der Waals surface area contributed by atoms with Crippen LogP contribution < -0.4 is 10.6 Å². The van der Waals surface area contributed by atoms with E-state index < -0.39 is 5.97 Å². The molecule has 0 radical (unpaired) electrons. The molecular formula is C14H19N3O3. The van der Waals surface area contributed by atoms with E-state index >= 15 is 0 Å². The van der Waals surface area contributed by atoms with Crippen LogP contribution in [0.4, 0.5) is 5.69 Å². The van der Waals surface area contributed by atoms with Gasteiger partial charge in [0.15, 0.2) is 0 Å². The zero-order valence-electron chi connectivity index (χ0n) is 11.5. The number of amides is 1. The predicted octanol–water partition coefficient (Wildman–Crippen LogP) is 0.537. The third kappa shape index (κ3) is 3.79. The molecule has 1 aromatic carbocycles. The summed E-state index contributed by atoms with van der Waals surface area (Å²) in [7, 11) is 0. The van der Waals surface area contributed by atoms with Crippen molar-refractivity contribution in [1.29, 1.82) is 0 Å². The lowest BCUT2D eigenvalue weighted by atomic mass is 10.1. The molecule has 0 unspecified atom stereocenters. The summed E-state index contributed by atoms with van der Waals surface area (Å²) in [6.07, 6.45) is 0. The normalized spacial score (nSPS) is 15.8. The molecule has 1 aliphatic heterocycles. The molecular weight excluding hydrogens is 258 g/mol. The summed E-state index contributed by atoms with van der Waals surface area (Å²) in [5.74, 6) is -1.11. The Morgan fingerprint density at radius 2 is 2.05 bits per heavy atom. The van der Waals surface area contributed by atoms with Crippen LogP contribution in [0, 0.1) is 6.92 Å². The zero-order chi connectivity index (χ0) is 14.5. The summed E-state index contributed by atoms with van der Waals surface area (Å²) in [6, 6.07) is 4.72. The second kappa shape index (κ2) is 6.49. The number of aromatic carboxylic acids is 1. The van der Waals surface area contributed by atoms with Crippen LogP contribution in [0.25, 0.3) is 0 Å². The Kier molecular flexibility index (Phi) is 4.70. The van der Waals surface area contributed by atoms with Gasteiger partial charge >= 0.3 is 5.97 Å². The van der Waals surface area contributed by atoms with Crippen molar-refractivity contribution in [3.8, 4) is 0 Å². The number of carbonyl (C=O) groups is 2. The molecule has 0 aliphatic carbocycles. The molecule has 2 rings (SSSR count). The van der Waals surface area contributed by atoms with Crippen molar-refractivity contribution in [3.63, 3.8) is 0 Å². The van der Waals surface area contributed by atoms with Gasteiger partial charge in [0, 0.05) is 31.9 Å². The standard InChI is InChI=1S/C14H19N3O3/c1-10-2-3-11(14(19)20)8-12(10)16-13(18)9-17-6-4-15-5-7-17/h2-3,8,15H,4-7,9H2,1H3,(H,16,18)(H,19,20). The van der Waals surface area contributed by atoms with Crippen LogP contribution in [0.5, 0.6) is 0 Å². The molecule has 108 valence electrons. The molecule has 0 spiro atoms. The van der Waals surface area contributed by atoms with E-state index in [4.69, 9.17) is 5.11 Å². The van der Waals surface area contributed by atoms with E-state index in [9.17, 15) is 9.59 Å². The van der Waals surface area contributed by atoms with E-state index in [0.717, 1.165) is 31.7 Å². The summed E-state index contributed by atoms with van der Waals surface area (Å²) < 4.78 is 0. The Morgan fingerprint density at radius 1 is 1.35 bits per heavy atom. The van der Waals surface area contributed by atoms with Crippen molar-refractivity contribution in [1.82, 2.24) is 10.2 Å². The van der Waals surface area contributed by atoms with Gasteiger partial charge in [0.2, 0.25) is 5.91 Å². The summed E-state index contributed by atoms with van der Waals surface area (Å²) in [5.41, 5.74) is 1.58. The number of carboxylic acids is 1. The van der Waals surface area contributed by atoms with Crippen LogP contribution in [0.2, 0.25) is 0 Å². The van der Waals surface area contributed by atoms with Crippen molar-refractivity contribution in [3.05, 3.63) is 29.3 Å². The highest BCUT2D eigenvalue weighted by molar-refractivity contribution is 5.95. The molecule has 1 saturated heterocycles. The van der Waals surface area contributed by atoms with E-state index in [2.05, 4.69) is 15.5 Å². The highest BCUT2D eigenvalue weighted by Gasteiger charge is 2.14. The fourth-order valence-corrected chi connectivity index (χ4v) is 2.15. The molecule has 0 atom stereocenters. The molecule has 0 saturated carbocycles. The molecule has 1 amide bonds. The molecule has 3 N–H and O–H groups in total. The second-order valence-corrected chi connectivity index (χ2v) is 4.91. The van der Waals surface area contributed by atoms with Gasteiger partial charge in [-0.05, 0) is 24.6 Å². The topological polar surface area (TPSA) is 81.7 Å². The first-order valence-corrected chi connectivity index (χ1v) is 6.63. The number of benzene rings is 1. The number of nitrogens with zero attached hydrogens (tertiary/aromatic N) is 1. The largest absolute Gasteiger partial charge is 0.478 e. The lowest BCUT2D eigenvalue weighted by Crippen LogP contribution is -2.46. The van der Waals surface area contributed by atoms with E-state index in [1.165, 1.54) is 12.1 Å². The molecule has 0 aromatic heterocycles. The number of piperazine rings is 1. The Bertz CT molecular complexity index is 510. The quantitative estimate of drug-likeness (QED) is 0.748. The van der Waals surface area contributed by atoms with Gasteiger partial charge in [-0.2, -0.15) is 0 Å². The summed E-state index contributed by atoms with van der Waals surface area (Å²) in [6.45, 7) is 5.65. The number of hydrogen-bond acceptors (Lipinski definition) is 4. The van der Waals surface area contributed by atoms with Gasteiger partial charge in [0.1, 0.15) is 0 Å². The molecule has 1 heterocycles. The van der Waals surface area contributed by atoms with E-state index in [1.807, 2.05) is 6.92 Å². The van der Waals surface area contributed by atoms with Crippen molar-refractivity contribution in [2.45, 2.75) is 6.92 Å². The highest BCUT2D eigenvalue weighted by atomic mass is 16.4. The van der Waals surface area contributed by atoms with Crippen LogP contribution in [0.3, 0.4) is 0 Å². The van der Waals surface area contributed by atoms with Crippen LogP contribution in [-0.4, -0.2) is 54.6 Å². The second-order valence-electron chi connectivity index (χ2n) is 4.91. The number of carboxylic acid groups (broad SMARTS) is 1. The molecule has 0 bridgehead atoms. The van der Waals surface area contributed by atoms with E-state index in [-0.39, 0.29) is 11.5 Å². The first-order chi connectivity index (χ1) is 9.56. The Labute approximate surface area is 117 Å². The summed E-state index contributed by atoms with van der Waals surface area (Å²) >= 11 is 0. The number of anilines is 1. The summed E-state index contributed by atoms with van der Waals surface area (Å²) in [5, 5.41) is 15.0. The van der Waals surface area contributed by atoms with Gasteiger partial charge in [0.25, 0.3) is 0 Å². The summed E-state index contributed by atoms with van der Waals surface area (Å²) in [4.78, 5) is 25.0. The van der Waals surface area contributed by atoms with Crippen molar-refractivity contribution >= 4 is 17.6 Å². The first-order valence-electron chi connectivity index (χ1n) is 6.63. The highest BCUT2D eigenvalue weighted by Crippen LogP contribution is 2.17. The minimum absolute atomic E-state index is 0.113. The van der Waals surface area contributed by atoms with Crippen molar-refractivity contribution in [2.75, 3.05) is 38.0 Å². The first kappa shape index (κ1) is 14.5. The molecule has 1 aromatic rings. The lowest BCUT2D eigenvalue weighted by molar-refractivity contribution is -0.117. The van der Waals surface area contributed by atoms with Gasteiger partial charge in [-0.1, -0.05) is 6.07 Å². The minimum atomic E-state index is -0.998. The van der Waals surface area contributed by atoms with Crippen LogP contribution >= 0.6 is 0 Å². The Balaban J connectivity index is 1.99. The van der Waals surface area contributed by atoms with Gasteiger partial charge in [-0.15, -0.1) is 0 Å². The fourth-order valence-electron chi connectivity index (χ4n) is 2.15. The van der Waals surface area contributed by atoms with Gasteiger partial charge in [0.05, 0.1) is 12.1 Å². The molecule has 20 heavy (non-hydrogen) atoms. The number of rotatable bonds is 4. The molecule has 1 fully saturated rings. The number of carbonyl (C=O) groups excluding carboxylic acids is 1. The van der Waals surface area contributed by atoms with Crippen LogP contribution in [0.15, 0.2) is 18.2 Å². The van der Waals surface area contributed by atoms with Crippen molar-refractivity contribution < 1.29 is 14.7 Å². The van der Waals surface area contributed by atoms with Gasteiger partial charge in [-0.3, -0.25) is 9.69 Å². The maximum atomic E-state index is 12.0. The maximum absolute atomic E-state index is 12.0. The van der Waals surface area contributed by atoms with Gasteiger partial charge in [-0.25, -0.2) is 4.79 Å². The maximum Gasteiger partial charge on any atom is 0.335 e. The van der Waals surface area contributed by atoms with E-state index in [1.54, 1.807) is 6.07 Å². The smallest absolute Gasteiger partial charge is 0.335 e. The third-order valence-electron chi connectivity index (χ3n) is 3.34. The number of nitrogens with one attached hydrogen (secondary N) is 2. The predicted molar refractivity (Wildman–Crippen MR) is 76.1 cm³/mol. The lowest BCUT2D eigenvalue weighted by Gasteiger charge is -2.26. The number of hydrogen-bond donors (Lipinski definition) is 3. The third-order valence-corrected chi connectivity index (χ3v) is 3.34. The average molecular weight is 277 g/mol. The van der Waals surface area contributed by atoms with Crippen molar-refractivity contribution in [2.24, 2.45) is 0 Å². The number of aryl methyl sites for hydroxylation is 1. The minimum Gasteiger partial charge on any atom is -0.478 e.